The number of carbonyl (C=O) groups excluding carboxylic acids is 1. The fourth-order valence-electron chi connectivity index (χ4n) is 2.97. The number of ether oxygens (including phenoxy) is 1. The molecule has 0 unspecified atom stereocenters. The average Bonchev–Trinajstić information content (AvgIpc) is 3.18. The van der Waals surface area contributed by atoms with Crippen LogP contribution in [-0.4, -0.2) is 34.6 Å². The predicted octanol–water partition coefficient (Wildman–Crippen LogP) is 2.09. The summed E-state index contributed by atoms with van der Waals surface area (Å²) in [6, 6.07) is 7.55. The summed E-state index contributed by atoms with van der Waals surface area (Å²) in [5.41, 5.74) is 2.18. The summed E-state index contributed by atoms with van der Waals surface area (Å²) in [4.78, 5) is 18.8. The molecular formula is C17H17N3O4. The van der Waals surface area contributed by atoms with E-state index in [2.05, 4.69) is 10.1 Å². The van der Waals surface area contributed by atoms with Crippen LogP contribution in [0.1, 0.15) is 23.0 Å². The molecule has 0 atom stereocenters. The van der Waals surface area contributed by atoms with Crippen LogP contribution in [0.15, 0.2) is 33.2 Å². The lowest BCUT2D eigenvalue weighted by Gasteiger charge is -2.25. The van der Waals surface area contributed by atoms with Crippen molar-refractivity contribution in [2.45, 2.75) is 26.0 Å². The van der Waals surface area contributed by atoms with Gasteiger partial charge in [-0.2, -0.15) is 0 Å². The number of carbonyl (C=O) groups is 1. The largest absolute Gasteiger partial charge is 0.443 e. The van der Waals surface area contributed by atoms with E-state index in [1.165, 1.54) is 0 Å². The third-order valence-corrected chi connectivity index (χ3v) is 4.16. The Hall–Kier alpha value is -2.67. The monoisotopic (exact) mass is 327 g/mol. The van der Waals surface area contributed by atoms with Gasteiger partial charge in [-0.1, -0.05) is 17.3 Å². The number of nitrogens with zero attached hydrogens (tertiary/aromatic N) is 3. The van der Waals surface area contributed by atoms with Gasteiger partial charge in [0, 0.05) is 25.5 Å². The number of hydrogen-bond acceptors (Lipinski definition) is 6. The Morgan fingerprint density at radius 1 is 1.38 bits per heavy atom. The van der Waals surface area contributed by atoms with Crippen LogP contribution in [0.25, 0.3) is 11.0 Å². The Bertz CT molecular complexity index is 883. The number of benzene rings is 1. The second-order valence-corrected chi connectivity index (χ2v) is 5.78. The number of aromatic nitrogens is 2. The summed E-state index contributed by atoms with van der Waals surface area (Å²) in [6.07, 6.45) is 0.881. The Kier molecular flexibility index (Phi) is 3.78. The number of rotatable bonds is 4. The van der Waals surface area contributed by atoms with Crippen molar-refractivity contribution in [3.8, 4) is 0 Å². The van der Waals surface area contributed by atoms with Crippen molar-refractivity contribution in [2.75, 3.05) is 13.7 Å². The second-order valence-electron chi connectivity index (χ2n) is 5.78. The van der Waals surface area contributed by atoms with Gasteiger partial charge in [0.15, 0.2) is 5.58 Å². The smallest absolute Gasteiger partial charge is 0.229 e. The lowest BCUT2D eigenvalue weighted by molar-refractivity contribution is -0.131. The van der Waals surface area contributed by atoms with Crippen LogP contribution in [0, 0.1) is 0 Å². The molecule has 0 spiro atoms. The van der Waals surface area contributed by atoms with Crippen LogP contribution >= 0.6 is 0 Å². The molecule has 3 aromatic rings. The van der Waals surface area contributed by atoms with E-state index in [0.717, 1.165) is 16.8 Å². The van der Waals surface area contributed by atoms with Crippen molar-refractivity contribution in [2.24, 2.45) is 0 Å². The lowest BCUT2D eigenvalue weighted by atomic mass is 10.1. The molecule has 1 aliphatic heterocycles. The standard InChI is InChI=1S/C17H17N3O4/c1-22-10-16-18-13-9-20(7-6-15(13)23-16)17(21)8-12-11-4-2-3-5-14(11)24-19-12/h2-5H,6-10H2,1H3. The van der Waals surface area contributed by atoms with E-state index >= 15 is 0 Å². The van der Waals surface area contributed by atoms with Gasteiger partial charge >= 0.3 is 0 Å². The third kappa shape index (κ3) is 2.67. The highest BCUT2D eigenvalue weighted by Gasteiger charge is 2.26. The van der Waals surface area contributed by atoms with Crippen molar-refractivity contribution in [1.82, 2.24) is 15.0 Å². The number of methoxy groups -OCH3 is 1. The quantitative estimate of drug-likeness (QED) is 0.730. The first-order valence-corrected chi connectivity index (χ1v) is 7.82. The van der Waals surface area contributed by atoms with Gasteiger partial charge in [0.25, 0.3) is 0 Å². The normalized spacial score (nSPS) is 14.1. The third-order valence-electron chi connectivity index (χ3n) is 4.16. The highest BCUT2D eigenvalue weighted by Crippen LogP contribution is 2.22. The fourth-order valence-corrected chi connectivity index (χ4v) is 2.97. The maximum atomic E-state index is 12.6. The van der Waals surface area contributed by atoms with Gasteiger partial charge in [-0.3, -0.25) is 4.79 Å². The molecule has 0 aliphatic carbocycles. The summed E-state index contributed by atoms with van der Waals surface area (Å²) in [5.74, 6) is 1.41. The molecule has 24 heavy (non-hydrogen) atoms. The highest BCUT2D eigenvalue weighted by molar-refractivity contribution is 5.86. The summed E-state index contributed by atoms with van der Waals surface area (Å²) < 4.78 is 15.9. The Balaban J connectivity index is 1.49. The van der Waals surface area contributed by atoms with E-state index in [-0.39, 0.29) is 12.3 Å². The number of hydrogen-bond donors (Lipinski definition) is 0. The van der Waals surface area contributed by atoms with E-state index in [1.54, 1.807) is 12.0 Å². The minimum absolute atomic E-state index is 0.0102. The van der Waals surface area contributed by atoms with Gasteiger partial charge in [0.05, 0.1) is 13.0 Å². The molecule has 124 valence electrons. The topological polar surface area (TPSA) is 81.6 Å². The molecular weight excluding hydrogens is 310 g/mol. The predicted molar refractivity (Wildman–Crippen MR) is 84.1 cm³/mol. The molecule has 1 aromatic carbocycles. The number of fused-ring (bicyclic) bond motifs is 2. The summed E-state index contributed by atoms with van der Waals surface area (Å²) in [6.45, 7) is 1.41. The molecule has 3 heterocycles. The maximum absolute atomic E-state index is 12.6. The molecule has 1 amide bonds. The molecule has 0 N–H and O–H groups in total. The van der Waals surface area contributed by atoms with E-state index in [4.69, 9.17) is 13.7 Å². The van der Waals surface area contributed by atoms with E-state index < -0.39 is 0 Å². The number of oxazole rings is 1. The molecule has 0 saturated heterocycles. The number of para-hydroxylation sites is 1. The SMILES string of the molecule is COCc1nc2c(o1)CCN(C(=O)Cc1noc3ccccc13)C2. The van der Waals surface area contributed by atoms with Crippen molar-refractivity contribution in [3.63, 3.8) is 0 Å². The molecule has 1 aliphatic rings. The first-order valence-electron chi connectivity index (χ1n) is 7.82. The highest BCUT2D eigenvalue weighted by atomic mass is 16.5. The summed E-state index contributed by atoms with van der Waals surface area (Å²) >= 11 is 0. The van der Waals surface area contributed by atoms with Crippen molar-refractivity contribution >= 4 is 16.9 Å². The van der Waals surface area contributed by atoms with Crippen molar-refractivity contribution < 1.29 is 18.5 Å². The van der Waals surface area contributed by atoms with Crippen molar-refractivity contribution in [1.29, 1.82) is 0 Å². The van der Waals surface area contributed by atoms with Gasteiger partial charge in [-0.15, -0.1) is 0 Å². The number of amides is 1. The molecule has 4 rings (SSSR count). The lowest BCUT2D eigenvalue weighted by Crippen LogP contribution is -2.36. The molecule has 7 heteroatoms. The van der Waals surface area contributed by atoms with Gasteiger partial charge in [0.1, 0.15) is 23.8 Å². The molecule has 0 fully saturated rings. The Morgan fingerprint density at radius 2 is 2.25 bits per heavy atom. The molecule has 2 aromatic heterocycles. The van der Waals surface area contributed by atoms with Crippen molar-refractivity contribution in [3.05, 3.63) is 47.3 Å². The minimum Gasteiger partial charge on any atom is -0.443 e. The molecule has 0 radical (unpaired) electrons. The van der Waals surface area contributed by atoms with Crippen LogP contribution in [-0.2, 0) is 35.5 Å². The van der Waals surface area contributed by atoms with Crippen LogP contribution in [0.5, 0.6) is 0 Å². The van der Waals surface area contributed by atoms with Crippen LogP contribution < -0.4 is 0 Å². The first kappa shape index (κ1) is 14.9. The van der Waals surface area contributed by atoms with Crippen LogP contribution in [0.3, 0.4) is 0 Å². The van der Waals surface area contributed by atoms with Gasteiger partial charge in [-0.05, 0) is 12.1 Å². The van der Waals surface area contributed by atoms with E-state index in [1.807, 2.05) is 24.3 Å². The van der Waals surface area contributed by atoms with Crippen LogP contribution in [0.4, 0.5) is 0 Å². The first-order chi connectivity index (χ1) is 11.7. The van der Waals surface area contributed by atoms with Gasteiger partial charge in [-0.25, -0.2) is 4.98 Å². The Morgan fingerprint density at radius 3 is 3.12 bits per heavy atom. The van der Waals surface area contributed by atoms with E-state index in [0.29, 0.717) is 43.3 Å². The average molecular weight is 327 g/mol. The molecule has 7 nitrogen and oxygen atoms in total. The minimum atomic E-state index is 0.0102. The van der Waals surface area contributed by atoms with Gasteiger partial charge < -0.3 is 18.6 Å². The molecule has 0 saturated carbocycles. The summed E-state index contributed by atoms with van der Waals surface area (Å²) in [7, 11) is 1.60. The zero-order valence-electron chi connectivity index (χ0n) is 13.3. The Labute approximate surface area is 138 Å². The summed E-state index contributed by atoms with van der Waals surface area (Å²) in [5, 5.41) is 4.91. The zero-order chi connectivity index (χ0) is 16.5. The maximum Gasteiger partial charge on any atom is 0.229 e. The van der Waals surface area contributed by atoms with Crippen LogP contribution in [0.2, 0.25) is 0 Å². The van der Waals surface area contributed by atoms with Gasteiger partial charge in [0.2, 0.25) is 11.8 Å². The fraction of sp³-hybridized carbons (Fsp3) is 0.353. The van der Waals surface area contributed by atoms with E-state index in [9.17, 15) is 4.79 Å². The zero-order valence-corrected chi connectivity index (χ0v) is 13.3. The molecule has 0 bridgehead atoms. The second kappa shape index (κ2) is 6.09.